The number of hydrogen-bond acceptors (Lipinski definition) is 5. The summed E-state index contributed by atoms with van der Waals surface area (Å²) in [5.41, 5.74) is 5.19. The van der Waals surface area contributed by atoms with E-state index in [-0.39, 0.29) is 24.8 Å². The average molecular weight is 317 g/mol. The molecule has 0 rings (SSSR count). The molecule has 0 aromatic heterocycles. The molecule has 0 radical (unpaired) electrons. The molecule has 0 fully saturated rings. The van der Waals surface area contributed by atoms with Crippen molar-refractivity contribution in [1.29, 1.82) is 0 Å². The van der Waals surface area contributed by atoms with E-state index in [1.54, 1.807) is 13.8 Å². The van der Waals surface area contributed by atoms with E-state index in [0.29, 0.717) is 0 Å². The van der Waals surface area contributed by atoms with Gasteiger partial charge in [-0.3, -0.25) is 9.59 Å². The highest BCUT2D eigenvalue weighted by molar-refractivity contribution is 5.91. The number of carbonyl (C=O) groups excluding carboxylic acids is 2. The number of aliphatic carboxylic acids is 1. The van der Waals surface area contributed by atoms with Gasteiger partial charge in [0.1, 0.15) is 18.2 Å². The number of aliphatic hydroxyl groups is 1. The van der Waals surface area contributed by atoms with E-state index >= 15 is 0 Å². The van der Waals surface area contributed by atoms with Crippen LogP contribution in [0.4, 0.5) is 0 Å². The standard InChI is InChI=1S/C14H27N3O5/c1-7(2)5-9(14(21)22)16-13(20)11(8(3)4)17-12(19)10(18)6-15/h7-11,18H,5-6,15H2,1-4H3,(H,16,20)(H,17,19)(H,21,22). The van der Waals surface area contributed by atoms with Crippen molar-refractivity contribution in [2.75, 3.05) is 6.54 Å². The summed E-state index contributed by atoms with van der Waals surface area (Å²) in [7, 11) is 0. The van der Waals surface area contributed by atoms with Crippen LogP contribution in [-0.2, 0) is 14.4 Å². The lowest BCUT2D eigenvalue weighted by Crippen LogP contribution is -2.56. The minimum Gasteiger partial charge on any atom is -0.480 e. The molecule has 8 heteroatoms. The van der Waals surface area contributed by atoms with Crippen molar-refractivity contribution in [3.8, 4) is 0 Å². The summed E-state index contributed by atoms with van der Waals surface area (Å²) in [6, 6.07) is -1.97. The maximum Gasteiger partial charge on any atom is 0.326 e. The Kier molecular flexibility index (Phi) is 8.66. The molecule has 0 aromatic rings. The summed E-state index contributed by atoms with van der Waals surface area (Å²) < 4.78 is 0. The van der Waals surface area contributed by atoms with Crippen molar-refractivity contribution >= 4 is 17.8 Å². The van der Waals surface area contributed by atoms with Gasteiger partial charge in [-0.1, -0.05) is 27.7 Å². The van der Waals surface area contributed by atoms with Crippen molar-refractivity contribution in [2.45, 2.75) is 52.3 Å². The lowest BCUT2D eigenvalue weighted by Gasteiger charge is -2.25. The Morgan fingerprint density at radius 1 is 1.05 bits per heavy atom. The van der Waals surface area contributed by atoms with E-state index in [0.717, 1.165) is 0 Å². The summed E-state index contributed by atoms with van der Waals surface area (Å²) in [6.45, 7) is 6.85. The summed E-state index contributed by atoms with van der Waals surface area (Å²) >= 11 is 0. The second kappa shape index (κ2) is 9.37. The van der Waals surface area contributed by atoms with Gasteiger partial charge in [0, 0.05) is 6.54 Å². The smallest absolute Gasteiger partial charge is 0.326 e. The Morgan fingerprint density at radius 3 is 1.95 bits per heavy atom. The zero-order valence-corrected chi connectivity index (χ0v) is 13.5. The number of nitrogens with two attached hydrogens (primary N) is 1. The third kappa shape index (κ3) is 6.86. The van der Waals surface area contributed by atoms with E-state index in [4.69, 9.17) is 10.8 Å². The number of amides is 2. The topological polar surface area (TPSA) is 142 Å². The van der Waals surface area contributed by atoms with Gasteiger partial charge in [0.05, 0.1) is 0 Å². The first-order valence-corrected chi connectivity index (χ1v) is 7.31. The molecule has 0 saturated carbocycles. The first-order chi connectivity index (χ1) is 10.1. The Hall–Kier alpha value is -1.67. The number of rotatable bonds is 9. The Balaban J connectivity index is 4.91. The van der Waals surface area contributed by atoms with Crippen molar-refractivity contribution in [3.63, 3.8) is 0 Å². The number of carbonyl (C=O) groups is 3. The molecule has 0 aliphatic carbocycles. The Morgan fingerprint density at radius 2 is 1.59 bits per heavy atom. The molecule has 3 atom stereocenters. The molecule has 2 amide bonds. The molecule has 0 aromatic carbocycles. The molecule has 0 bridgehead atoms. The largest absolute Gasteiger partial charge is 0.480 e. The maximum atomic E-state index is 12.2. The molecular weight excluding hydrogens is 290 g/mol. The van der Waals surface area contributed by atoms with Gasteiger partial charge >= 0.3 is 5.97 Å². The molecule has 0 heterocycles. The normalized spacial score (nSPS) is 15.3. The number of carboxylic acid groups (broad SMARTS) is 1. The fraction of sp³-hybridized carbons (Fsp3) is 0.786. The molecular formula is C14H27N3O5. The van der Waals surface area contributed by atoms with Gasteiger partial charge in [-0.05, 0) is 18.3 Å². The second-order valence-corrected chi connectivity index (χ2v) is 6.01. The molecule has 0 saturated heterocycles. The van der Waals surface area contributed by atoms with Crippen LogP contribution in [0.1, 0.15) is 34.1 Å². The van der Waals surface area contributed by atoms with E-state index in [2.05, 4.69) is 10.6 Å². The van der Waals surface area contributed by atoms with Crippen LogP contribution in [0.15, 0.2) is 0 Å². The van der Waals surface area contributed by atoms with Gasteiger partial charge in [-0.25, -0.2) is 4.79 Å². The van der Waals surface area contributed by atoms with Crippen molar-refractivity contribution in [3.05, 3.63) is 0 Å². The van der Waals surface area contributed by atoms with Gasteiger partial charge in [-0.2, -0.15) is 0 Å². The highest BCUT2D eigenvalue weighted by Gasteiger charge is 2.30. The monoisotopic (exact) mass is 317 g/mol. The van der Waals surface area contributed by atoms with Crippen molar-refractivity contribution < 1.29 is 24.6 Å². The molecule has 0 spiro atoms. The number of nitrogens with one attached hydrogen (secondary N) is 2. The van der Waals surface area contributed by atoms with Gasteiger partial charge in [0.15, 0.2) is 0 Å². The number of aliphatic hydroxyl groups excluding tert-OH is 1. The average Bonchev–Trinajstić information content (AvgIpc) is 2.41. The van der Waals surface area contributed by atoms with Crippen LogP contribution < -0.4 is 16.4 Å². The summed E-state index contributed by atoms with van der Waals surface area (Å²) in [6.07, 6.45) is -1.12. The van der Waals surface area contributed by atoms with Crippen LogP contribution in [0.3, 0.4) is 0 Å². The summed E-state index contributed by atoms with van der Waals surface area (Å²) in [4.78, 5) is 35.1. The highest BCUT2D eigenvalue weighted by Crippen LogP contribution is 2.08. The fourth-order valence-corrected chi connectivity index (χ4v) is 1.85. The van der Waals surface area contributed by atoms with Crippen LogP contribution in [0.5, 0.6) is 0 Å². The zero-order valence-electron chi connectivity index (χ0n) is 13.5. The van der Waals surface area contributed by atoms with Gasteiger partial charge in [0.25, 0.3) is 5.91 Å². The predicted molar refractivity (Wildman–Crippen MR) is 80.9 cm³/mol. The Labute approximate surface area is 130 Å². The summed E-state index contributed by atoms with van der Waals surface area (Å²) in [5, 5.41) is 23.3. The van der Waals surface area contributed by atoms with E-state index in [1.807, 2.05) is 13.8 Å². The minimum atomic E-state index is -1.40. The van der Waals surface area contributed by atoms with E-state index < -0.39 is 36.0 Å². The second-order valence-electron chi connectivity index (χ2n) is 6.01. The quantitative estimate of drug-likeness (QED) is 0.372. The van der Waals surface area contributed by atoms with Crippen LogP contribution in [0, 0.1) is 11.8 Å². The highest BCUT2D eigenvalue weighted by atomic mass is 16.4. The molecule has 128 valence electrons. The van der Waals surface area contributed by atoms with Gasteiger partial charge in [0.2, 0.25) is 5.91 Å². The van der Waals surface area contributed by atoms with Crippen LogP contribution >= 0.6 is 0 Å². The lowest BCUT2D eigenvalue weighted by molar-refractivity contribution is -0.143. The number of carboxylic acids is 1. The summed E-state index contributed by atoms with van der Waals surface area (Å²) in [5.74, 6) is -2.67. The van der Waals surface area contributed by atoms with Crippen LogP contribution in [-0.4, -0.2) is 52.7 Å². The molecule has 0 aliphatic rings. The van der Waals surface area contributed by atoms with E-state index in [1.165, 1.54) is 0 Å². The van der Waals surface area contributed by atoms with Crippen LogP contribution in [0.25, 0.3) is 0 Å². The Bertz CT molecular complexity index is 398. The molecule has 0 aliphatic heterocycles. The SMILES string of the molecule is CC(C)CC(NC(=O)C(NC(=O)C(O)CN)C(C)C)C(=O)O. The van der Waals surface area contributed by atoms with Crippen LogP contribution in [0.2, 0.25) is 0 Å². The predicted octanol–water partition coefficient (Wildman–Crippen LogP) is -0.938. The first kappa shape index (κ1) is 20.3. The molecule has 6 N–H and O–H groups in total. The third-order valence-electron chi connectivity index (χ3n) is 3.09. The van der Waals surface area contributed by atoms with Crippen molar-refractivity contribution in [1.82, 2.24) is 10.6 Å². The first-order valence-electron chi connectivity index (χ1n) is 7.31. The minimum absolute atomic E-state index is 0.0903. The molecule has 8 nitrogen and oxygen atoms in total. The van der Waals surface area contributed by atoms with Gasteiger partial charge in [-0.15, -0.1) is 0 Å². The van der Waals surface area contributed by atoms with Crippen molar-refractivity contribution in [2.24, 2.45) is 17.6 Å². The fourth-order valence-electron chi connectivity index (χ4n) is 1.85. The third-order valence-corrected chi connectivity index (χ3v) is 3.09. The van der Waals surface area contributed by atoms with E-state index in [9.17, 15) is 19.5 Å². The lowest BCUT2D eigenvalue weighted by atomic mass is 10.00. The number of hydrogen-bond donors (Lipinski definition) is 5. The zero-order chi connectivity index (χ0) is 17.4. The van der Waals surface area contributed by atoms with Gasteiger partial charge < -0.3 is 26.6 Å². The molecule has 22 heavy (non-hydrogen) atoms. The maximum absolute atomic E-state index is 12.2. The molecule has 3 unspecified atom stereocenters.